The Bertz CT molecular complexity index is 565. The van der Waals surface area contributed by atoms with Crippen LogP contribution in [0.4, 0.5) is 4.79 Å². The maximum atomic E-state index is 12.1. The Labute approximate surface area is 136 Å². The van der Waals surface area contributed by atoms with Gasteiger partial charge >= 0.3 is 6.03 Å². The van der Waals surface area contributed by atoms with Crippen molar-refractivity contribution in [2.24, 2.45) is 0 Å². The molecule has 0 spiro atoms. The molecule has 124 valence electrons. The average molecular weight is 318 g/mol. The van der Waals surface area contributed by atoms with Crippen molar-refractivity contribution in [3.63, 3.8) is 0 Å². The fourth-order valence-electron chi connectivity index (χ4n) is 2.67. The van der Waals surface area contributed by atoms with Crippen LogP contribution in [0.5, 0.6) is 5.75 Å². The Morgan fingerprint density at radius 3 is 2.43 bits per heavy atom. The Morgan fingerprint density at radius 1 is 1.17 bits per heavy atom. The number of hydrogen-bond acceptors (Lipinski definition) is 3. The van der Waals surface area contributed by atoms with Crippen LogP contribution in [-0.4, -0.2) is 37.7 Å². The monoisotopic (exact) mass is 318 g/mol. The summed E-state index contributed by atoms with van der Waals surface area (Å²) < 4.78 is 5.16. The number of urea groups is 1. The zero-order valence-corrected chi connectivity index (χ0v) is 13.4. The smallest absolute Gasteiger partial charge is 0.321 e. The van der Waals surface area contributed by atoms with Gasteiger partial charge in [0.05, 0.1) is 13.2 Å². The molecule has 23 heavy (non-hydrogen) atoms. The van der Waals surface area contributed by atoms with Crippen molar-refractivity contribution in [1.29, 1.82) is 0 Å². The third-order valence-electron chi connectivity index (χ3n) is 4.30. The highest BCUT2D eigenvalue weighted by atomic mass is 16.5. The SMILES string of the molecule is COc1ccc(C[NH+](CC(=O)NC(=O)NC2CC2)C2CC2)cc1. The molecule has 0 saturated heterocycles. The number of hydrogen-bond donors (Lipinski definition) is 3. The summed E-state index contributed by atoms with van der Waals surface area (Å²) in [5, 5.41) is 5.21. The van der Waals surface area contributed by atoms with E-state index >= 15 is 0 Å². The maximum absolute atomic E-state index is 12.1. The van der Waals surface area contributed by atoms with Crippen LogP contribution in [0.15, 0.2) is 24.3 Å². The lowest BCUT2D eigenvalue weighted by molar-refractivity contribution is -0.917. The summed E-state index contributed by atoms with van der Waals surface area (Å²) in [6.07, 6.45) is 4.32. The maximum Gasteiger partial charge on any atom is 0.321 e. The number of imide groups is 1. The molecule has 1 unspecified atom stereocenters. The summed E-state index contributed by atoms with van der Waals surface area (Å²) in [6, 6.07) is 8.34. The highest BCUT2D eigenvalue weighted by molar-refractivity contribution is 5.94. The van der Waals surface area contributed by atoms with Crippen LogP contribution in [0.25, 0.3) is 0 Å². The first-order valence-corrected chi connectivity index (χ1v) is 8.22. The number of carbonyl (C=O) groups is 2. The van der Waals surface area contributed by atoms with Gasteiger partial charge in [-0.25, -0.2) is 4.79 Å². The number of quaternary nitrogens is 1. The molecule has 0 radical (unpaired) electrons. The molecule has 2 fully saturated rings. The number of benzene rings is 1. The van der Waals surface area contributed by atoms with E-state index < -0.39 is 0 Å². The lowest BCUT2D eigenvalue weighted by Gasteiger charge is -2.18. The van der Waals surface area contributed by atoms with E-state index in [4.69, 9.17) is 4.74 Å². The summed E-state index contributed by atoms with van der Waals surface area (Å²) in [5.74, 6) is 0.620. The van der Waals surface area contributed by atoms with Gasteiger partial charge in [0.1, 0.15) is 12.3 Å². The molecular weight excluding hydrogens is 294 g/mol. The number of nitrogens with one attached hydrogen (secondary N) is 3. The Balaban J connectivity index is 1.51. The van der Waals surface area contributed by atoms with Crippen molar-refractivity contribution in [1.82, 2.24) is 10.6 Å². The fourth-order valence-corrected chi connectivity index (χ4v) is 2.67. The van der Waals surface area contributed by atoms with Gasteiger partial charge in [-0.3, -0.25) is 10.1 Å². The molecule has 1 atom stereocenters. The summed E-state index contributed by atoms with van der Waals surface area (Å²) in [4.78, 5) is 24.9. The molecule has 6 nitrogen and oxygen atoms in total. The quantitative estimate of drug-likeness (QED) is 0.674. The molecule has 0 aromatic heterocycles. The van der Waals surface area contributed by atoms with E-state index in [9.17, 15) is 9.59 Å². The largest absolute Gasteiger partial charge is 0.497 e. The van der Waals surface area contributed by atoms with Crippen molar-refractivity contribution in [3.8, 4) is 5.75 Å². The van der Waals surface area contributed by atoms with Gasteiger partial charge in [0.25, 0.3) is 5.91 Å². The van der Waals surface area contributed by atoms with Crippen LogP contribution in [0.1, 0.15) is 31.2 Å². The zero-order chi connectivity index (χ0) is 16.2. The molecule has 1 aromatic rings. The molecule has 6 heteroatoms. The van der Waals surface area contributed by atoms with Gasteiger partial charge in [0, 0.05) is 24.4 Å². The van der Waals surface area contributed by atoms with E-state index in [1.165, 1.54) is 10.5 Å². The van der Waals surface area contributed by atoms with Crippen LogP contribution < -0.4 is 20.3 Å². The first-order valence-electron chi connectivity index (χ1n) is 8.22. The summed E-state index contributed by atoms with van der Waals surface area (Å²) in [5.41, 5.74) is 1.17. The standard InChI is InChI=1S/C17H23N3O3/c1-23-15-8-2-12(3-9-15)10-20(14-6-7-14)11-16(21)19-17(22)18-13-4-5-13/h2-3,8-9,13-14H,4-7,10-11H2,1H3,(H2,18,19,21,22)/p+1. The minimum absolute atomic E-state index is 0.210. The van der Waals surface area contributed by atoms with E-state index in [0.29, 0.717) is 12.6 Å². The molecular formula is C17H24N3O3+. The molecule has 1 aromatic carbocycles. The van der Waals surface area contributed by atoms with Gasteiger partial charge in [-0.2, -0.15) is 0 Å². The Kier molecular flexibility index (Phi) is 4.81. The van der Waals surface area contributed by atoms with Crippen molar-refractivity contribution in [2.75, 3.05) is 13.7 Å². The number of amides is 3. The first-order chi connectivity index (χ1) is 11.1. The van der Waals surface area contributed by atoms with Crippen LogP contribution in [0.3, 0.4) is 0 Å². The Morgan fingerprint density at radius 2 is 1.87 bits per heavy atom. The lowest BCUT2D eigenvalue weighted by Crippen LogP contribution is -3.13. The van der Waals surface area contributed by atoms with Crippen molar-refractivity contribution in [2.45, 2.75) is 44.3 Å². The van der Waals surface area contributed by atoms with E-state index in [1.807, 2.05) is 24.3 Å². The molecule has 3 N–H and O–H groups in total. The van der Waals surface area contributed by atoms with Gasteiger partial charge < -0.3 is 15.0 Å². The highest BCUT2D eigenvalue weighted by Gasteiger charge is 2.35. The molecule has 3 rings (SSSR count). The minimum atomic E-state index is -0.364. The van der Waals surface area contributed by atoms with Crippen LogP contribution in [0, 0.1) is 0 Å². The van der Waals surface area contributed by atoms with Gasteiger partial charge in [-0.15, -0.1) is 0 Å². The van der Waals surface area contributed by atoms with Crippen molar-refractivity contribution in [3.05, 3.63) is 29.8 Å². The second kappa shape index (κ2) is 7.00. The van der Waals surface area contributed by atoms with Gasteiger partial charge in [-0.05, 0) is 37.1 Å². The molecule has 0 bridgehead atoms. The summed E-state index contributed by atoms with van der Waals surface area (Å²) in [6.45, 7) is 1.11. The van der Waals surface area contributed by atoms with Crippen LogP contribution in [-0.2, 0) is 11.3 Å². The van der Waals surface area contributed by atoms with Gasteiger partial charge in [0.15, 0.2) is 6.54 Å². The van der Waals surface area contributed by atoms with Crippen LogP contribution in [0.2, 0.25) is 0 Å². The Hall–Kier alpha value is -2.08. The normalized spacial score (nSPS) is 18.1. The molecule has 2 aliphatic carbocycles. The minimum Gasteiger partial charge on any atom is -0.497 e. The second-order valence-electron chi connectivity index (χ2n) is 6.43. The summed E-state index contributed by atoms with van der Waals surface area (Å²) >= 11 is 0. The third-order valence-corrected chi connectivity index (χ3v) is 4.30. The zero-order valence-electron chi connectivity index (χ0n) is 13.4. The van der Waals surface area contributed by atoms with Gasteiger partial charge in [-0.1, -0.05) is 0 Å². The average Bonchev–Trinajstić information content (AvgIpc) is 3.41. The van der Waals surface area contributed by atoms with E-state index in [0.717, 1.165) is 38.0 Å². The highest BCUT2D eigenvalue weighted by Crippen LogP contribution is 2.18. The van der Waals surface area contributed by atoms with E-state index in [-0.39, 0.29) is 18.0 Å². The van der Waals surface area contributed by atoms with E-state index in [1.54, 1.807) is 7.11 Å². The van der Waals surface area contributed by atoms with E-state index in [2.05, 4.69) is 10.6 Å². The number of rotatable bonds is 7. The first kappa shape index (κ1) is 15.8. The topological polar surface area (TPSA) is 71.9 Å². The number of carbonyl (C=O) groups excluding carboxylic acids is 2. The molecule has 2 saturated carbocycles. The van der Waals surface area contributed by atoms with Crippen LogP contribution >= 0.6 is 0 Å². The second-order valence-corrected chi connectivity index (χ2v) is 6.43. The summed E-state index contributed by atoms with van der Waals surface area (Å²) in [7, 11) is 1.65. The van der Waals surface area contributed by atoms with Gasteiger partial charge in [0.2, 0.25) is 0 Å². The molecule has 2 aliphatic rings. The fraction of sp³-hybridized carbons (Fsp3) is 0.529. The number of methoxy groups -OCH3 is 1. The van der Waals surface area contributed by atoms with Crippen molar-refractivity contribution >= 4 is 11.9 Å². The molecule has 0 heterocycles. The molecule has 3 amide bonds. The number of ether oxygens (including phenoxy) is 1. The lowest BCUT2D eigenvalue weighted by atomic mass is 10.2. The third kappa shape index (κ3) is 4.96. The predicted octanol–water partition coefficient (Wildman–Crippen LogP) is 0.231. The predicted molar refractivity (Wildman–Crippen MR) is 85.2 cm³/mol. The molecule has 0 aliphatic heterocycles. The van der Waals surface area contributed by atoms with Crippen molar-refractivity contribution < 1.29 is 19.2 Å².